The molecular formula is C11H19N3S. The molecule has 2 rings (SSSR count). The van der Waals surface area contributed by atoms with Crippen LogP contribution in [0.3, 0.4) is 0 Å². The summed E-state index contributed by atoms with van der Waals surface area (Å²) < 4.78 is 3.86. The molecule has 1 saturated carbocycles. The standard InChI is InChI=1S/C11H19N3S/c1-11(2)5-3-9(4-6-11)12-7-10-8-15-14-13-10/h8-9,12H,3-7H2,1-2H3. The Labute approximate surface area is 95.4 Å². The molecule has 0 radical (unpaired) electrons. The van der Waals surface area contributed by atoms with Crippen molar-refractivity contribution in [1.82, 2.24) is 14.9 Å². The highest BCUT2D eigenvalue weighted by molar-refractivity contribution is 7.03. The van der Waals surface area contributed by atoms with E-state index in [0.717, 1.165) is 12.2 Å². The van der Waals surface area contributed by atoms with Gasteiger partial charge in [-0.15, -0.1) is 5.10 Å². The monoisotopic (exact) mass is 225 g/mol. The maximum absolute atomic E-state index is 4.04. The molecule has 3 nitrogen and oxygen atoms in total. The van der Waals surface area contributed by atoms with Gasteiger partial charge in [-0.1, -0.05) is 18.3 Å². The van der Waals surface area contributed by atoms with Gasteiger partial charge in [-0.05, 0) is 42.6 Å². The molecule has 15 heavy (non-hydrogen) atoms. The SMILES string of the molecule is CC1(C)CCC(NCc2csnn2)CC1. The van der Waals surface area contributed by atoms with E-state index in [0.29, 0.717) is 11.5 Å². The fourth-order valence-electron chi connectivity index (χ4n) is 2.11. The van der Waals surface area contributed by atoms with Crippen molar-refractivity contribution in [3.05, 3.63) is 11.1 Å². The van der Waals surface area contributed by atoms with Crippen LogP contribution in [0.5, 0.6) is 0 Å². The smallest absolute Gasteiger partial charge is 0.0893 e. The summed E-state index contributed by atoms with van der Waals surface area (Å²) in [6.07, 6.45) is 5.26. The summed E-state index contributed by atoms with van der Waals surface area (Å²) in [5, 5.41) is 9.61. The van der Waals surface area contributed by atoms with Crippen LogP contribution in [-0.4, -0.2) is 15.6 Å². The van der Waals surface area contributed by atoms with E-state index in [-0.39, 0.29) is 0 Å². The Morgan fingerprint density at radius 3 is 2.80 bits per heavy atom. The van der Waals surface area contributed by atoms with E-state index in [1.54, 1.807) is 0 Å². The first-order valence-electron chi connectivity index (χ1n) is 5.65. The molecule has 1 aromatic heterocycles. The van der Waals surface area contributed by atoms with E-state index in [1.807, 2.05) is 5.38 Å². The van der Waals surface area contributed by atoms with Crippen LogP contribution in [0.2, 0.25) is 0 Å². The highest BCUT2D eigenvalue weighted by Crippen LogP contribution is 2.34. The van der Waals surface area contributed by atoms with Gasteiger partial charge < -0.3 is 5.32 Å². The van der Waals surface area contributed by atoms with Crippen molar-refractivity contribution in [1.29, 1.82) is 0 Å². The molecule has 1 fully saturated rings. The van der Waals surface area contributed by atoms with Crippen molar-refractivity contribution < 1.29 is 0 Å². The van der Waals surface area contributed by atoms with Crippen LogP contribution in [0.15, 0.2) is 5.38 Å². The second-order valence-corrected chi connectivity index (χ2v) is 5.83. The zero-order chi connectivity index (χ0) is 10.7. The van der Waals surface area contributed by atoms with Crippen molar-refractivity contribution in [3.63, 3.8) is 0 Å². The second kappa shape index (κ2) is 4.58. The molecule has 1 aliphatic carbocycles. The predicted molar refractivity (Wildman–Crippen MR) is 62.8 cm³/mol. The lowest BCUT2D eigenvalue weighted by molar-refractivity contribution is 0.205. The molecule has 4 heteroatoms. The minimum absolute atomic E-state index is 0.556. The lowest BCUT2D eigenvalue weighted by atomic mass is 9.75. The number of nitrogens with one attached hydrogen (secondary N) is 1. The lowest BCUT2D eigenvalue weighted by Gasteiger charge is -2.34. The number of rotatable bonds is 3. The van der Waals surface area contributed by atoms with Crippen LogP contribution in [0.25, 0.3) is 0 Å². The van der Waals surface area contributed by atoms with E-state index < -0.39 is 0 Å². The molecule has 0 aliphatic heterocycles. The van der Waals surface area contributed by atoms with Gasteiger partial charge in [0.05, 0.1) is 5.69 Å². The molecule has 0 atom stereocenters. The van der Waals surface area contributed by atoms with Gasteiger partial charge >= 0.3 is 0 Å². The van der Waals surface area contributed by atoms with E-state index in [1.165, 1.54) is 37.2 Å². The molecule has 0 amide bonds. The summed E-state index contributed by atoms with van der Waals surface area (Å²) in [4.78, 5) is 0. The first kappa shape index (κ1) is 11.0. The molecule has 0 spiro atoms. The zero-order valence-electron chi connectivity index (χ0n) is 9.49. The van der Waals surface area contributed by atoms with Crippen molar-refractivity contribution in [3.8, 4) is 0 Å². The summed E-state index contributed by atoms with van der Waals surface area (Å²) in [5.41, 5.74) is 1.63. The molecule has 1 aliphatic rings. The molecular weight excluding hydrogens is 206 g/mol. The van der Waals surface area contributed by atoms with Crippen LogP contribution in [0.1, 0.15) is 45.2 Å². The van der Waals surface area contributed by atoms with E-state index >= 15 is 0 Å². The molecule has 0 bridgehead atoms. The molecule has 1 N–H and O–H groups in total. The normalized spacial score (nSPS) is 21.7. The molecule has 0 aromatic carbocycles. The number of hydrogen-bond donors (Lipinski definition) is 1. The Balaban J connectivity index is 1.73. The largest absolute Gasteiger partial charge is 0.308 e. The van der Waals surface area contributed by atoms with Gasteiger partial charge in [0.2, 0.25) is 0 Å². The number of nitrogens with zero attached hydrogens (tertiary/aromatic N) is 2. The topological polar surface area (TPSA) is 37.8 Å². The van der Waals surface area contributed by atoms with E-state index in [9.17, 15) is 0 Å². The molecule has 1 heterocycles. The fraction of sp³-hybridized carbons (Fsp3) is 0.818. The molecule has 0 saturated heterocycles. The van der Waals surface area contributed by atoms with Crippen LogP contribution in [0.4, 0.5) is 0 Å². The van der Waals surface area contributed by atoms with Gasteiger partial charge in [0.25, 0.3) is 0 Å². The van der Waals surface area contributed by atoms with Gasteiger partial charge in [-0.25, -0.2) is 0 Å². The maximum atomic E-state index is 4.04. The van der Waals surface area contributed by atoms with E-state index in [4.69, 9.17) is 0 Å². The summed E-state index contributed by atoms with van der Waals surface area (Å²) in [5.74, 6) is 0. The Bertz CT molecular complexity index is 285. The van der Waals surface area contributed by atoms with Crippen molar-refractivity contribution in [2.24, 2.45) is 5.41 Å². The van der Waals surface area contributed by atoms with Crippen molar-refractivity contribution in [2.75, 3.05) is 0 Å². The minimum Gasteiger partial charge on any atom is -0.308 e. The Morgan fingerprint density at radius 1 is 1.47 bits per heavy atom. The van der Waals surface area contributed by atoms with Gasteiger partial charge in [0.1, 0.15) is 0 Å². The quantitative estimate of drug-likeness (QED) is 0.859. The third kappa shape index (κ3) is 3.24. The Hall–Kier alpha value is -0.480. The van der Waals surface area contributed by atoms with Crippen molar-refractivity contribution in [2.45, 2.75) is 52.1 Å². The van der Waals surface area contributed by atoms with Crippen LogP contribution >= 0.6 is 11.5 Å². The maximum Gasteiger partial charge on any atom is 0.0893 e. The lowest BCUT2D eigenvalue weighted by Crippen LogP contribution is -2.35. The first-order chi connectivity index (χ1) is 7.16. The van der Waals surface area contributed by atoms with Gasteiger partial charge in [0.15, 0.2) is 0 Å². The average Bonchev–Trinajstić information content (AvgIpc) is 2.69. The summed E-state index contributed by atoms with van der Waals surface area (Å²) >= 11 is 1.42. The zero-order valence-corrected chi connectivity index (χ0v) is 10.3. The van der Waals surface area contributed by atoms with Gasteiger partial charge in [0, 0.05) is 18.0 Å². The highest BCUT2D eigenvalue weighted by Gasteiger charge is 2.26. The predicted octanol–water partition coefficient (Wildman–Crippen LogP) is 2.60. The molecule has 84 valence electrons. The third-order valence-corrected chi connectivity index (χ3v) is 3.87. The number of aromatic nitrogens is 2. The van der Waals surface area contributed by atoms with Gasteiger partial charge in [-0.2, -0.15) is 0 Å². The summed E-state index contributed by atoms with van der Waals surface area (Å²) in [6, 6.07) is 0.680. The molecule has 0 unspecified atom stereocenters. The Kier molecular flexibility index (Phi) is 3.36. The van der Waals surface area contributed by atoms with Crippen LogP contribution in [0, 0.1) is 5.41 Å². The first-order valence-corrected chi connectivity index (χ1v) is 6.49. The summed E-state index contributed by atoms with van der Waals surface area (Å²) in [6.45, 7) is 5.61. The average molecular weight is 225 g/mol. The third-order valence-electron chi connectivity index (χ3n) is 3.32. The highest BCUT2D eigenvalue weighted by atomic mass is 32.1. The fourth-order valence-corrected chi connectivity index (χ4v) is 2.56. The summed E-state index contributed by atoms with van der Waals surface area (Å²) in [7, 11) is 0. The number of hydrogen-bond acceptors (Lipinski definition) is 4. The van der Waals surface area contributed by atoms with Crippen molar-refractivity contribution >= 4 is 11.5 Å². The van der Waals surface area contributed by atoms with Crippen LogP contribution < -0.4 is 5.32 Å². The second-order valence-electron chi connectivity index (χ2n) is 5.22. The van der Waals surface area contributed by atoms with Gasteiger partial charge in [-0.3, -0.25) is 0 Å². The Morgan fingerprint density at radius 2 is 2.20 bits per heavy atom. The van der Waals surface area contributed by atoms with Crippen LogP contribution in [-0.2, 0) is 6.54 Å². The molecule has 1 aromatic rings. The minimum atomic E-state index is 0.556. The van der Waals surface area contributed by atoms with E-state index in [2.05, 4.69) is 28.8 Å².